The van der Waals surface area contributed by atoms with Crippen molar-refractivity contribution >= 4 is 17.4 Å². The molecule has 0 radical (unpaired) electrons. The molecule has 24 heavy (non-hydrogen) atoms. The predicted molar refractivity (Wildman–Crippen MR) is 96.3 cm³/mol. The molecule has 0 saturated carbocycles. The fraction of sp³-hybridized carbons (Fsp3) is 0.722. The Bertz CT molecular complexity index is 560. The average molecular weight is 331 g/mol. The molecule has 0 atom stereocenters. The van der Waals surface area contributed by atoms with Gasteiger partial charge in [-0.2, -0.15) is 0 Å². The van der Waals surface area contributed by atoms with Crippen molar-refractivity contribution in [1.82, 2.24) is 14.9 Å². The van der Waals surface area contributed by atoms with E-state index in [1.165, 1.54) is 0 Å². The van der Waals surface area contributed by atoms with Crippen LogP contribution in [0.5, 0.6) is 0 Å². The highest BCUT2D eigenvalue weighted by atomic mass is 16.2. The summed E-state index contributed by atoms with van der Waals surface area (Å²) in [4.78, 5) is 27.7. The number of carbonyl (C=O) groups excluding carboxylic acids is 1. The number of anilines is 2. The maximum Gasteiger partial charge on any atom is 0.225 e. The fourth-order valence-electron chi connectivity index (χ4n) is 3.74. The largest absolute Gasteiger partial charge is 0.367 e. The van der Waals surface area contributed by atoms with Crippen LogP contribution in [-0.2, 0) is 4.79 Å². The summed E-state index contributed by atoms with van der Waals surface area (Å²) in [5.41, 5.74) is 1.07. The molecular weight excluding hydrogens is 302 g/mol. The molecule has 0 aliphatic carbocycles. The molecule has 1 aromatic rings. The lowest BCUT2D eigenvalue weighted by Gasteiger charge is -2.38. The van der Waals surface area contributed by atoms with Crippen molar-refractivity contribution in [1.29, 1.82) is 0 Å². The van der Waals surface area contributed by atoms with Crippen molar-refractivity contribution in [3.63, 3.8) is 0 Å². The Morgan fingerprint density at radius 3 is 2.42 bits per heavy atom. The van der Waals surface area contributed by atoms with Crippen LogP contribution >= 0.6 is 0 Å². The zero-order valence-corrected chi connectivity index (χ0v) is 15.1. The molecule has 0 aromatic carbocycles. The van der Waals surface area contributed by atoms with Gasteiger partial charge in [-0.3, -0.25) is 4.79 Å². The van der Waals surface area contributed by atoms with Crippen LogP contribution in [0.4, 0.5) is 11.5 Å². The standard InChI is InChI=1S/C18H29N5O/c1-14-4-8-23(9-5-14)18(24)15-6-10-22(11-7-15)16-12-19-13-20-17(16)21(2)3/h12-15H,4-11H2,1-3H3. The summed E-state index contributed by atoms with van der Waals surface area (Å²) in [5.74, 6) is 2.26. The Morgan fingerprint density at radius 1 is 1.12 bits per heavy atom. The lowest BCUT2D eigenvalue weighted by molar-refractivity contribution is -0.137. The minimum absolute atomic E-state index is 0.182. The monoisotopic (exact) mass is 331 g/mol. The summed E-state index contributed by atoms with van der Waals surface area (Å²) in [7, 11) is 4.00. The molecule has 132 valence electrons. The topological polar surface area (TPSA) is 52.6 Å². The van der Waals surface area contributed by atoms with Crippen molar-refractivity contribution < 1.29 is 4.79 Å². The maximum atomic E-state index is 12.8. The minimum atomic E-state index is 0.182. The highest BCUT2D eigenvalue weighted by molar-refractivity contribution is 5.79. The molecule has 0 unspecified atom stereocenters. The first-order valence-corrected chi connectivity index (χ1v) is 9.07. The molecule has 0 N–H and O–H groups in total. The quantitative estimate of drug-likeness (QED) is 0.848. The summed E-state index contributed by atoms with van der Waals surface area (Å²) in [6.45, 7) is 5.96. The number of hydrogen-bond acceptors (Lipinski definition) is 5. The molecule has 2 saturated heterocycles. The maximum absolute atomic E-state index is 12.8. The number of amides is 1. The molecule has 6 heteroatoms. The lowest BCUT2D eigenvalue weighted by atomic mass is 9.92. The van der Waals surface area contributed by atoms with Crippen LogP contribution in [0.3, 0.4) is 0 Å². The molecule has 2 fully saturated rings. The van der Waals surface area contributed by atoms with E-state index in [0.717, 1.165) is 69.3 Å². The molecule has 1 aromatic heterocycles. The van der Waals surface area contributed by atoms with Gasteiger partial charge in [0.25, 0.3) is 0 Å². The third kappa shape index (κ3) is 3.62. The Labute approximate surface area is 144 Å². The first-order valence-electron chi connectivity index (χ1n) is 9.07. The molecule has 0 bridgehead atoms. The lowest BCUT2D eigenvalue weighted by Crippen LogP contribution is -2.45. The first-order chi connectivity index (χ1) is 11.6. The second-order valence-corrected chi connectivity index (χ2v) is 7.40. The molecular formula is C18H29N5O. The Kier molecular flexibility index (Phi) is 5.21. The van der Waals surface area contributed by atoms with Crippen molar-refractivity contribution in [2.45, 2.75) is 32.6 Å². The molecule has 6 nitrogen and oxygen atoms in total. The van der Waals surface area contributed by atoms with E-state index in [9.17, 15) is 4.79 Å². The van der Waals surface area contributed by atoms with Crippen molar-refractivity contribution in [2.24, 2.45) is 11.8 Å². The molecule has 3 heterocycles. The van der Waals surface area contributed by atoms with E-state index in [2.05, 4.69) is 26.7 Å². The second-order valence-electron chi connectivity index (χ2n) is 7.40. The number of aromatic nitrogens is 2. The number of hydrogen-bond donors (Lipinski definition) is 0. The van der Waals surface area contributed by atoms with Gasteiger partial charge in [-0.1, -0.05) is 6.92 Å². The normalized spacial score (nSPS) is 20.3. The summed E-state index contributed by atoms with van der Waals surface area (Å²) in [6, 6.07) is 0. The summed E-state index contributed by atoms with van der Waals surface area (Å²) >= 11 is 0. The van der Waals surface area contributed by atoms with E-state index < -0.39 is 0 Å². The van der Waals surface area contributed by atoms with E-state index in [4.69, 9.17) is 0 Å². The van der Waals surface area contributed by atoms with Crippen LogP contribution in [0.1, 0.15) is 32.6 Å². The van der Waals surface area contributed by atoms with Gasteiger partial charge in [-0.05, 0) is 31.6 Å². The molecule has 1 amide bonds. The Morgan fingerprint density at radius 2 is 1.79 bits per heavy atom. The smallest absolute Gasteiger partial charge is 0.225 e. The van der Waals surface area contributed by atoms with Gasteiger partial charge in [0, 0.05) is 46.2 Å². The van der Waals surface area contributed by atoms with Crippen LogP contribution in [0.25, 0.3) is 0 Å². The number of likely N-dealkylation sites (tertiary alicyclic amines) is 1. The number of carbonyl (C=O) groups is 1. The van der Waals surface area contributed by atoms with Gasteiger partial charge in [0.1, 0.15) is 6.33 Å². The van der Waals surface area contributed by atoms with Crippen LogP contribution in [-0.4, -0.2) is 61.0 Å². The van der Waals surface area contributed by atoms with Gasteiger partial charge < -0.3 is 14.7 Å². The number of rotatable bonds is 3. The highest BCUT2D eigenvalue weighted by Gasteiger charge is 2.31. The van der Waals surface area contributed by atoms with Crippen LogP contribution < -0.4 is 9.80 Å². The van der Waals surface area contributed by atoms with Crippen molar-refractivity contribution in [3.05, 3.63) is 12.5 Å². The predicted octanol–water partition coefficient (Wildman–Crippen LogP) is 2.02. The number of piperidine rings is 2. The molecule has 3 rings (SSSR count). The SMILES string of the molecule is CC1CCN(C(=O)C2CCN(c3cncnc3N(C)C)CC2)CC1. The van der Waals surface area contributed by atoms with E-state index in [1.54, 1.807) is 6.33 Å². The fourth-order valence-corrected chi connectivity index (χ4v) is 3.74. The zero-order valence-electron chi connectivity index (χ0n) is 15.1. The third-order valence-corrected chi connectivity index (χ3v) is 5.38. The van der Waals surface area contributed by atoms with Crippen LogP contribution in [0.2, 0.25) is 0 Å². The van der Waals surface area contributed by atoms with E-state index >= 15 is 0 Å². The van der Waals surface area contributed by atoms with Gasteiger partial charge in [0.15, 0.2) is 5.82 Å². The van der Waals surface area contributed by atoms with Gasteiger partial charge >= 0.3 is 0 Å². The first kappa shape index (κ1) is 17.0. The minimum Gasteiger partial charge on any atom is -0.367 e. The summed E-state index contributed by atoms with van der Waals surface area (Å²) in [5, 5.41) is 0. The second kappa shape index (κ2) is 7.36. The van der Waals surface area contributed by atoms with Crippen molar-refractivity contribution in [3.8, 4) is 0 Å². The van der Waals surface area contributed by atoms with Crippen LogP contribution in [0.15, 0.2) is 12.5 Å². The third-order valence-electron chi connectivity index (χ3n) is 5.38. The van der Waals surface area contributed by atoms with E-state index in [1.807, 2.05) is 25.2 Å². The van der Waals surface area contributed by atoms with E-state index in [0.29, 0.717) is 5.91 Å². The van der Waals surface area contributed by atoms with Gasteiger partial charge in [0.2, 0.25) is 5.91 Å². The highest BCUT2D eigenvalue weighted by Crippen LogP contribution is 2.30. The zero-order chi connectivity index (χ0) is 17.1. The van der Waals surface area contributed by atoms with Gasteiger partial charge in [0.05, 0.1) is 11.9 Å². The Hall–Kier alpha value is -1.85. The van der Waals surface area contributed by atoms with Crippen LogP contribution in [0, 0.1) is 11.8 Å². The summed E-state index contributed by atoms with van der Waals surface area (Å²) < 4.78 is 0. The number of nitrogens with zero attached hydrogens (tertiary/aromatic N) is 5. The van der Waals surface area contributed by atoms with Crippen molar-refractivity contribution in [2.75, 3.05) is 50.1 Å². The van der Waals surface area contributed by atoms with Gasteiger partial charge in [-0.15, -0.1) is 0 Å². The molecule has 2 aliphatic heterocycles. The average Bonchev–Trinajstić information content (AvgIpc) is 2.62. The Balaban J connectivity index is 1.59. The van der Waals surface area contributed by atoms with E-state index in [-0.39, 0.29) is 5.92 Å². The summed E-state index contributed by atoms with van der Waals surface area (Å²) in [6.07, 6.45) is 7.62. The van der Waals surface area contributed by atoms with Gasteiger partial charge in [-0.25, -0.2) is 9.97 Å². The molecule has 0 spiro atoms. The molecule has 2 aliphatic rings.